The first kappa shape index (κ1) is 23.5. The second-order valence-electron chi connectivity index (χ2n) is 6.28. The van der Waals surface area contributed by atoms with Crippen LogP contribution >= 0.6 is 15.9 Å². The fourth-order valence-corrected chi connectivity index (χ4v) is 3.92. The zero-order valence-corrected chi connectivity index (χ0v) is 18.4. The Morgan fingerprint density at radius 2 is 1.59 bits per heavy atom. The molecule has 0 aliphatic carbocycles. The minimum Gasteiger partial charge on any atom is -0.378 e. The molecule has 6 nitrogen and oxygen atoms in total. The Bertz CT molecular complexity index is 1260. The number of nitrogens with one attached hydrogen (secondary N) is 1. The molecule has 0 radical (unpaired) electrons. The molecule has 0 aliphatic heterocycles. The number of rotatable bonds is 6. The molecule has 3 rings (SSSR count). The smallest absolute Gasteiger partial charge is 0.378 e. The van der Waals surface area contributed by atoms with E-state index in [2.05, 4.69) is 26.5 Å². The Labute approximate surface area is 190 Å². The first-order chi connectivity index (χ1) is 15.1. The van der Waals surface area contributed by atoms with E-state index in [1.165, 1.54) is 24.4 Å². The monoisotopic (exact) mass is 526 g/mol. The van der Waals surface area contributed by atoms with Crippen molar-refractivity contribution in [3.8, 4) is 5.75 Å². The molecule has 11 heteroatoms. The van der Waals surface area contributed by atoms with Gasteiger partial charge in [-0.25, -0.2) is 5.43 Å². The topological polar surface area (TPSA) is 84.8 Å². The largest absolute Gasteiger partial charge is 0.416 e. The van der Waals surface area contributed by atoms with Gasteiger partial charge < -0.3 is 4.18 Å². The van der Waals surface area contributed by atoms with Crippen LogP contribution in [0.5, 0.6) is 5.75 Å². The molecule has 0 bridgehead atoms. The van der Waals surface area contributed by atoms with Crippen molar-refractivity contribution >= 4 is 38.2 Å². The van der Waals surface area contributed by atoms with Crippen LogP contribution in [0, 0.1) is 0 Å². The summed E-state index contributed by atoms with van der Waals surface area (Å²) in [6, 6.07) is 15.6. The third kappa shape index (κ3) is 5.74. The summed E-state index contributed by atoms with van der Waals surface area (Å²) in [6.07, 6.45) is -3.40. The van der Waals surface area contributed by atoms with E-state index in [4.69, 9.17) is 4.18 Å². The highest BCUT2D eigenvalue weighted by atomic mass is 79.9. The van der Waals surface area contributed by atoms with E-state index in [0.29, 0.717) is 22.2 Å². The molecule has 0 atom stereocenters. The van der Waals surface area contributed by atoms with Gasteiger partial charge in [-0.05, 0) is 64.5 Å². The highest BCUT2D eigenvalue weighted by molar-refractivity contribution is 9.10. The fourth-order valence-electron chi connectivity index (χ4n) is 2.51. The van der Waals surface area contributed by atoms with Gasteiger partial charge in [-0.1, -0.05) is 24.3 Å². The number of para-hydroxylation sites is 1. The summed E-state index contributed by atoms with van der Waals surface area (Å²) in [4.78, 5) is 11.7. The second kappa shape index (κ2) is 9.53. The lowest BCUT2D eigenvalue weighted by Crippen LogP contribution is -2.18. The highest BCUT2D eigenvalue weighted by Gasteiger charge is 2.31. The number of hydrazone groups is 1. The van der Waals surface area contributed by atoms with Gasteiger partial charge in [0.15, 0.2) is 5.75 Å². The Hall–Kier alpha value is -3.18. The summed E-state index contributed by atoms with van der Waals surface area (Å²) in [5, 5.41) is 3.82. The number of amides is 1. The molecule has 1 N–H and O–H groups in total. The van der Waals surface area contributed by atoms with Crippen LogP contribution in [-0.2, 0) is 16.3 Å². The molecule has 0 fully saturated rings. The summed E-state index contributed by atoms with van der Waals surface area (Å²) >= 11 is 3.25. The van der Waals surface area contributed by atoms with Crippen LogP contribution in [0.3, 0.4) is 0 Å². The molecule has 0 aliphatic rings. The molecular formula is C21H14BrF3N2O4S. The minimum atomic E-state index is -4.59. The van der Waals surface area contributed by atoms with Gasteiger partial charge in [-0.2, -0.15) is 26.7 Å². The highest BCUT2D eigenvalue weighted by Crippen LogP contribution is 2.30. The SMILES string of the molecule is O=C(NN=Cc1ccccc1OS(=O)(=O)c1ccc(C(F)(F)F)cc1)c1ccccc1Br. The van der Waals surface area contributed by atoms with Gasteiger partial charge in [0, 0.05) is 10.0 Å². The number of carbonyl (C=O) groups is 1. The average Bonchev–Trinajstić information content (AvgIpc) is 2.74. The molecule has 0 spiro atoms. The average molecular weight is 527 g/mol. The van der Waals surface area contributed by atoms with Crippen LogP contribution in [0.1, 0.15) is 21.5 Å². The number of halogens is 4. The van der Waals surface area contributed by atoms with Crippen LogP contribution in [0.25, 0.3) is 0 Å². The van der Waals surface area contributed by atoms with Crippen molar-refractivity contribution in [3.05, 3.63) is 94.0 Å². The minimum absolute atomic E-state index is 0.119. The number of hydrogen-bond acceptors (Lipinski definition) is 5. The number of carbonyl (C=O) groups excluding carboxylic acids is 1. The molecule has 32 heavy (non-hydrogen) atoms. The maximum absolute atomic E-state index is 12.7. The summed E-state index contributed by atoms with van der Waals surface area (Å²) in [6.45, 7) is 0. The Morgan fingerprint density at radius 1 is 0.969 bits per heavy atom. The zero-order valence-electron chi connectivity index (χ0n) is 16.0. The maximum Gasteiger partial charge on any atom is 0.416 e. The van der Waals surface area contributed by atoms with Crippen molar-refractivity contribution in [1.82, 2.24) is 5.43 Å². The zero-order chi connectivity index (χ0) is 23.4. The number of nitrogens with zero attached hydrogens (tertiary/aromatic N) is 1. The van der Waals surface area contributed by atoms with Gasteiger partial charge in [-0.15, -0.1) is 0 Å². The number of hydrogen-bond donors (Lipinski definition) is 1. The summed E-state index contributed by atoms with van der Waals surface area (Å²) in [5.74, 6) is -0.615. The van der Waals surface area contributed by atoms with Gasteiger partial charge in [0.1, 0.15) is 4.90 Å². The molecular weight excluding hydrogens is 513 g/mol. The first-order valence-corrected chi connectivity index (χ1v) is 11.1. The second-order valence-corrected chi connectivity index (χ2v) is 8.68. The lowest BCUT2D eigenvalue weighted by Gasteiger charge is -2.11. The number of benzene rings is 3. The number of alkyl halides is 3. The van der Waals surface area contributed by atoms with E-state index in [1.54, 1.807) is 30.3 Å². The third-order valence-electron chi connectivity index (χ3n) is 4.08. The maximum atomic E-state index is 12.7. The van der Waals surface area contributed by atoms with Crippen molar-refractivity contribution in [2.24, 2.45) is 5.10 Å². The van der Waals surface area contributed by atoms with Crippen molar-refractivity contribution in [2.75, 3.05) is 0 Å². The third-order valence-corrected chi connectivity index (χ3v) is 6.02. The van der Waals surface area contributed by atoms with Crippen molar-refractivity contribution in [2.45, 2.75) is 11.1 Å². The summed E-state index contributed by atoms with van der Waals surface area (Å²) < 4.78 is 68.7. The predicted molar refractivity (Wildman–Crippen MR) is 115 cm³/mol. The molecule has 0 saturated carbocycles. The molecule has 0 heterocycles. The van der Waals surface area contributed by atoms with E-state index >= 15 is 0 Å². The van der Waals surface area contributed by atoms with E-state index in [9.17, 15) is 26.4 Å². The fraction of sp³-hybridized carbons (Fsp3) is 0.0476. The van der Waals surface area contributed by atoms with Gasteiger partial charge in [-0.3, -0.25) is 4.79 Å². The predicted octanol–water partition coefficient (Wildman–Crippen LogP) is 5.00. The van der Waals surface area contributed by atoms with Crippen LogP contribution < -0.4 is 9.61 Å². The molecule has 0 unspecified atom stereocenters. The molecule has 0 aromatic heterocycles. The van der Waals surface area contributed by atoms with Gasteiger partial charge in [0.25, 0.3) is 5.91 Å². The molecule has 166 valence electrons. The van der Waals surface area contributed by atoms with Crippen LogP contribution in [0.4, 0.5) is 13.2 Å². The van der Waals surface area contributed by atoms with Crippen molar-refractivity contribution in [1.29, 1.82) is 0 Å². The molecule has 3 aromatic carbocycles. The van der Waals surface area contributed by atoms with Crippen molar-refractivity contribution < 1.29 is 30.6 Å². The first-order valence-electron chi connectivity index (χ1n) is 8.86. The van der Waals surface area contributed by atoms with E-state index in [1.807, 2.05) is 0 Å². The molecule has 0 saturated heterocycles. The van der Waals surface area contributed by atoms with Crippen molar-refractivity contribution in [3.63, 3.8) is 0 Å². The Kier molecular flexibility index (Phi) is 6.99. The normalized spacial score (nSPS) is 12.0. The Morgan fingerprint density at radius 3 is 2.25 bits per heavy atom. The van der Waals surface area contributed by atoms with Crippen LogP contribution in [0.2, 0.25) is 0 Å². The lowest BCUT2D eigenvalue weighted by molar-refractivity contribution is -0.137. The standard InChI is InChI=1S/C21H14BrF3N2O4S/c22-18-7-3-2-6-17(18)20(28)27-26-13-14-5-1-4-8-19(14)31-32(29,30)16-11-9-15(10-12-16)21(23,24)25/h1-13H,(H,27,28). The van der Waals surface area contributed by atoms with E-state index in [0.717, 1.165) is 12.1 Å². The van der Waals surface area contributed by atoms with E-state index < -0.39 is 32.7 Å². The van der Waals surface area contributed by atoms with Gasteiger partial charge in [0.05, 0.1) is 17.3 Å². The summed E-state index contributed by atoms with van der Waals surface area (Å²) in [5.41, 5.74) is 1.90. The molecule has 1 amide bonds. The van der Waals surface area contributed by atoms with Gasteiger partial charge >= 0.3 is 16.3 Å². The van der Waals surface area contributed by atoms with E-state index in [-0.39, 0.29) is 11.3 Å². The van der Waals surface area contributed by atoms with Crippen LogP contribution in [0.15, 0.2) is 87.3 Å². The van der Waals surface area contributed by atoms with Crippen LogP contribution in [-0.4, -0.2) is 20.5 Å². The quantitative estimate of drug-likeness (QED) is 0.278. The van der Waals surface area contributed by atoms with Gasteiger partial charge in [0.2, 0.25) is 0 Å². The Balaban J connectivity index is 1.77. The lowest BCUT2D eigenvalue weighted by atomic mass is 10.2. The summed E-state index contributed by atoms with van der Waals surface area (Å²) in [7, 11) is -4.41. The molecule has 3 aromatic rings.